The van der Waals surface area contributed by atoms with E-state index >= 15 is 0 Å². The number of nitrogens with zero attached hydrogens (tertiary/aromatic N) is 2. The lowest BCUT2D eigenvalue weighted by Crippen LogP contribution is -2.14. The van der Waals surface area contributed by atoms with Crippen molar-refractivity contribution in [2.45, 2.75) is 18.1 Å². The van der Waals surface area contributed by atoms with Gasteiger partial charge in [0.2, 0.25) is 5.95 Å². The second-order valence-electron chi connectivity index (χ2n) is 4.56. The summed E-state index contributed by atoms with van der Waals surface area (Å²) in [5.41, 5.74) is 1.51. The van der Waals surface area contributed by atoms with E-state index in [1.165, 1.54) is 30.7 Å². The molecule has 0 saturated carbocycles. The molecule has 0 spiro atoms. The number of hydrogen-bond acceptors (Lipinski definition) is 5. The molecule has 1 aromatic carbocycles. The van der Waals surface area contributed by atoms with E-state index in [-0.39, 0.29) is 5.69 Å². The van der Waals surface area contributed by atoms with E-state index in [9.17, 15) is 10.1 Å². The third-order valence-corrected chi connectivity index (χ3v) is 4.60. The number of nitro benzene ring substituents is 1. The lowest BCUT2D eigenvalue weighted by molar-refractivity contribution is -0.384. The Balaban J connectivity index is 1.75. The van der Waals surface area contributed by atoms with Crippen molar-refractivity contribution in [1.29, 1.82) is 0 Å². The summed E-state index contributed by atoms with van der Waals surface area (Å²) < 4.78 is 0. The molecule has 2 N–H and O–H groups in total. The molecule has 1 aliphatic heterocycles. The van der Waals surface area contributed by atoms with E-state index in [1.54, 1.807) is 6.07 Å². The van der Waals surface area contributed by atoms with Crippen molar-refractivity contribution < 1.29 is 4.92 Å². The van der Waals surface area contributed by atoms with Gasteiger partial charge in [0.25, 0.3) is 5.69 Å². The number of H-pyrrole nitrogens is 1. The average Bonchev–Trinajstić information content (AvgIpc) is 3.04. The topological polar surface area (TPSA) is 83.8 Å². The molecule has 1 unspecified atom stereocenters. The molecule has 0 aliphatic carbocycles. The number of fused-ring (bicyclic) bond motifs is 1. The Morgan fingerprint density at radius 1 is 1.58 bits per heavy atom. The molecule has 100 valence electrons. The van der Waals surface area contributed by atoms with Gasteiger partial charge in [-0.2, -0.15) is 11.8 Å². The molecular weight excluding hydrogens is 264 g/mol. The van der Waals surface area contributed by atoms with E-state index < -0.39 is 4.92 Å². The second-order valence-corrected chi connectivity index (χ2v) is 5.97. The fraction of sp³-hybridized carbons (Fsp3) is 0.417. The summed E-state index contributed by atoms with van der Waals surface area (Å²) in [5, 5.41) is 14.6. The third kappa shape index (κ3) is 2.65. The summed E-state index contributed by atoms with van der Waals surface area (Å²) in [4.78, 5) is 17.8. The molecule has 1 fully saturated rings. The molecule has 6 nitrogen and oxygen atoms in total. The molecule has 7 heteroatoms. The molecule has 0 bridgehead atoms. The van der Waals surface area contributed by atoms with Crippen molar-refractivity contribution in [2.75, 3.05) is 17.6 Å². The Kier molecular flexibility index (Phi) is 3.29. The van der Waals surface area contributed by atoms with Crippen LogP contribution in [-0.2, 0) is 0 Å². The number of aromatic nitrogens is 2. The SMILES string of the molecule is O=[N+]([O-])c1ccc2nc(NCC3CCCS3)[nH]c2c1. The smallest absolute Gasteiger partial charge is 0.271 e. The number of nitrogens with one attached hydrogen (secondary N) is 2. The minimum absolute atomic E-state index is 0.0778. The van der Waals surface area contributed by atoms with Crippen molar-refractivity contribution in [3.05, 3.63) is 28.3 Å². The van der Waals surface area contributed by atoms with Crippen LogP contribution in [0.4, 0.5) is 11.6 Å². The van der Waals surface area contributed by atoms with Crippen LogP contribution in [0, 0.1) is 10.1 Å². The van der Waals surface area contributed by atoms with Crippen LogP contribution >= 0.6 is 11.8 Å². The van der Waals surface area contributed by atoms with Crippen LogP contribution in [0.15, 0.2) is 18.2 Å². The van der Waals surface area contributed by atoms with Gasteiger partial charge in [-0.1, -0.05) is 0 Å². The largest absolute Gasteiger partial charge is 0.355 e. The number of nitro groups is 1. The van der Waals surface area contributed by atoms with Gasteiger partial charge < -0.3 is 10.3 Å². The summed E-state index contributed by atoms with van der Waals surface area (Å²) in [6.07, 6.45) is 2.52. The predicted octanol–water partition coefficient (Wildman–Crippen LogP) is 2.78. The molecule has 1 atom stereocenters. The van der Waals surface area contributed by atoms with Crippen LogP contribution in [0.2, 0.25) is 0 Å². The lowest BCUT2D eigenvalue weighted by atomic mass is 10.2. The van der Waals surface area contributed by atoms with Crippen molar-refractivity contribution >= 4 is 34.4 Å². The first-order chi connectivity index (χ1) is 9.22. The van der Waals surface area contributed by atoms with Crippen molar-refractivity contribution in [1.82, 2.24) is 9.97 Å². The molecule has 3 rings (SSSR count). The van der Waals surface area contributed by atoms with E-state index in [4.69, 9.17) is 0 Å². The number of hydrogen-bond donors (Lipinski definition) is 2. The van der Waals surface area contributed by atoms with Gasteiger partial charge in [-0.25, -0.2) is 4.98 Å². The quantitative estimate of drug-likeness (QED) is 0.663. The zero-order chi connectivity index (χ0) is 13.2. The summed E-state index contributed by atoms with van der Waals surface area (Å²) in [7, 11) is 0. The number of aromatic amines is 1. The molecule has 0 radical (unpaired) electrons. The number of imidazole rings is 1. The normalized spacial score (nSPS) is 18.8. The predicted molar refractivity (Wildman–Crippen MR) is 76.7 cm³/mol. The first-order valence-corrected chi connectivity index (χ1v) is 7.27. The van der Waals surface area contributed by atoms with Crippen LogP contribution in [0.25, 0.3) is 11.0 Å². The van der Waals surface area contributed by atoms with Crippen LogP contribution in [-0.4, -0.2) is 32.4 Å². The minimum Gasteiger partial charge on any atom is -0.355 e. The van der Waals surface area contributed by atoms with Gasteiger partial charge in [0.1, 0.15) is 0 Å². The third-order valence-electron chi connectivity index (χ3n) is 3.20. The standard InChI is InChI=1S/C12H14N4O2S/c17-16(18)8-3-4-10-11(6-8)15-12(14-10)13-7-9-2-1-5-19-9/h3-4,6,9H,1-2,5,7H2,(H2,13,14,15). The molecule has 2 aromatic rings. The number of anilines is 1. The van der Waals surface area contributed by atoms with Gasteiger partial charge in [0, 0.05) is 23.9 Å². The highest BCUT2D eigenvalue weighted by Crippen LogP contribution is 2.26. The Morgan fingerprint density at radius 3 is 3.21 bits per heavy atom. The van der Waals surface area contributed by atoms with E-state index in [0.29, 0.717) is 16.7 Å². The molecule has 2 heterocycles. The van der Waals surface area contributed by atoms with E-state index in [1.807, 2.05) is 11.8 Å². The summed E-state index contributed by atoms with van der Waals surface area (Å²) in [6.45, 7) is 0.882. The Hall–Kier alpha value is -1.76. The number of rotatable bonds is 4. The Bertz CT molecular complexity index is 607. The van der Waals surface area contributed by atoms with E-state index in [0.717, 1.165) is 12.1 Å². The zero-order valence-corrected chi connectivity index (χ0v) is 11.1. The average molecular weight is 278 g/mol. The fourth-order valence-electron chi connectivity index (χ4n) is 2.21. The van der Waals surface area contributed by atoms with Gasteiger partial charge in [-0.05, 0) is 24.7 Å². The fourth-order valence-corrected chi connectivity index (χ4v) is 3.41. The first-order valence-electron chi connectivity index (χ1n) is 6.22. The number of benzene rings is 1. The molecule has 1 saturated heterocycles. The monoisotopic (exact) mass is 278 g/mol. The summed E-state index contributed by atoms with van der Waals surface area (Å²) in [5.74, 6) is 1.92. The highest BCUT2D eigenvalue weighted by Gasteiger charge is 2.16. The van der Waals surface area contributed by atoms with Crippen LogP contribution in [0.3, 0.4) is 0 Å². The molecule has 0 amide bonds. The number of non-ortho nitro benzene ring substituents is 1. The van der Waals surface area contributed by atoms with Crippen molar-refractivity contribution in [2.24, 2.45) is 0 Å². The van der Waals surface area contributed by atoms with Gasteiger partial charge in [-0.15, -0.1) is 0 Å². The van der Waals surface area contributed by atoms with Crippen LogP contribution < -0.4 is 5.32 Å². The lowest BCUT2D eigenvalue weighted by Gasteiger charge is -2.08. The van der Waals surface area contributed by atoms with E-state index in [2.05, 4.69) is 15.3 Å². The molecule has 19 heavy (non-hydrogen) atoms. The van der Waals surface area contributed by atoms with Crippen molar-refractivity contribution in [3.63, 3.8) is 0 Å². The maximum Gasteiger partial charge on any atom is 0.271 e. The van der Waals surface area contributed by atoms with Gasteiger partial charge in [0.05, 0.1) is 16.0 Å². The van der Waals surface area contributed by atoms with Crippen molar-refractivity contribution in [3.8, 4) is 0 Å². The Morgan fingerprint density at radius 2 is 2.47 bits per heavy atom. The van der Waals surface area contributed by atoms with Gasteiger partial charge in [0.15, 0.2) is 0 Å². The van der Waals surface area contributed by atoms with Crippen LogP contribution in [0.5, 0.6) is 0 Å². The minimum atomic E-state index is -0.400. The van der Waals surface area contributed by atoms with Gasteiger partial charge in [-0.3, -0.25) is 10.1 Å². The Labute approximate surface area is 114 Å². The summed E-state index contributed by atoms with van der Waals surface area (Å²) >= 11 is 1.98. The maximum atomic E-state index is 10.7. The molecular formula is C12H14N4O2S. The van der Waals surface area contributed by atoms with Gasteiger partial charge >= 0.3 is 0 Å². The maximum absolute atomic E-state index is 10.7. The zero-order valence-electron chi connectivity index (χ0n) is 10.3. The highest BCUT2D eigenvalue weighted by molar-refractivity contribution is 8.00. The second kappa shape index (κ2) is 5.08. The molecule has 1 aliphatic rings. The summed E-state index contributed by atoms with van der Waals surface area (Å²) in [6, 6.07) is 4.65. The van der Waals surface area contributed by atoms with Crippen LogP contribution in [0.1, 0.15) is 12.8 Å². The molecule has 1 aromatic heterocycles. The first kappa shape index (κ1) is 12.3. The highest BCUT2D eigenvalue weighted by atomic mass is 32.2. The number of thioether (sulfide) groups is 1.